The highest BCUT2D eigenvalue weighted by Crippen LogP contribution is 2.24. The summed E-state index contributed by atoms with van der Waals surface area (Å²) in [7, 11) is 3.17. The maximum Gasteiger partial charge on any atom is 0.191 e. The van der Waals surface area contributed by atoms with Crippen LogP contribution in [0.4, 0.5) is 0 Å². The number of nitrogens with zero attached hydrogens (tertiary/aromatic N) is 1. The third-order valence-electron chi connectivity index (χ3n) is 2.72. The zero-order chi connectivity index (χ0) is 13.0. The molecule has 2 aromatic rings. The van der Waals surface area contributed by atoms with Crippen molar-refractivity contribution >= 4 is 10.9 Å². The number of benzene rings is 1. The van der Waals surface area contributed by atoms with Gasteiger partial charge >= 0.3 is 0 Å². The van der Waals surface area contributed by atoms with E-state index in [0.29, 0.717) is 6.61 Å². The third kappa shape index (κ3) is 2.78. The van der Waals surface area contributed by atoms with Gasteiger partial charge in [0.05, 0.1) is 0 Å². The van der Waals surface area contributed by atoms with Gasteiger partial charge in [0.2, 0.25) is 0 Å². The summed E-state index contributed by atoms with van der Waals surface area (Å²) in [4.78, 5) is 4.50. The summed E-state index contributed by atoms with van der Waals surface area (Å²) in [5, 5.41) is 1.06. The van der Waals surface area contributed by atoms with Crippen molar-refractivity contribution in [3.8, 4) is 5.75 Å². The highest BCUT2D eigenvalue weighted by atomic mass is 16.7. The number of fused-ring (bicyclic) bond motifs is 1. The molecule has 0 saturated heterocycles. The van der Waals surface area contributed by atoms with Crippen molar-refractivity contribution in [1.29, 1.82) is 0 Å². The molecular formula is C14H17NO3. The fourth-order valence-electron chi connectivity index (χ4n) is 1.72. The van der Waals surface area contributed by atoms with Crippen LogP contribution in [0.25, 0.3) is 10.9 Å². The van der Waals surface area contributed by atoms with Crippen LogP contribution in [0.1, 0.15) is 5.69 Å². The van der Waals surface area contributed by atoms with Crippen LogP contribution in [0.2, 0.25) is 0 Å². The Labute approximate surface area is 106 Å². The van der Waals surface area contributed by atoms with E-state index in [-0.39, 0.29) is 6.29 Å². The smallest absolute Gasteiger partial charge is 0.191 e. The second-order valence-electron chi connectivity index (χ2n) is 3.99. The second-order valence-corrected chi connectivity index (χ2v) is 3.99. The molecule has 0 aliphatic heterocycles. The Hall–Kier alpha value is -1.65. The number of pyridine rings is 1. The Morgan fingerprint density at radius 1 is 1.11 bits per heavy atom. The van der Waals surface area contributed by atoms with Gasteiger partial charge in [0, 0.05) is 25.3 Å². The van der Waals surface area contributed by atoms with E-state index in [1.54, 1.807) is 14.2 Å². The number of methoxy groups -OCH3 is 2. The standard InChI is InChI=1S/C14H17NO3/c1-10-7-8-11-5-4-6-12(14(11)15-10)18-9-13(16-2)17-3/h4-8,13H,9H2,1-3H3. The molecule has 1 heterocycles. The van der Waals surface area contributed by atoms with Crippen LogP contribution in [-0.2, 0) is 9.47 Å². The molecule has 0 aliphatic carbocycles. The summed E-state index contributed by atoms with van der Waals surface area (Å²) < 4.78 is 15.9. The van der Waals surface area contributed by atoms with E-state index in [2.05, 4.69) is 4.98 Å². The molecule has 0 amide bonds. The summed E-state index contributed by atoms with van der Waals surface area (Å²) in [6.45, 7) is 2.30. The third-order valence-corrected chi connectivity index (χ3v) is 2.72. The highest BCUT2D eigenvalue weighted by Gasteiger charge is 2.08. The van der Waals surface area contributed by atoms with Crippen molar-refractivity contribution < 1.29 is 14.2 Å². The molecule has 0 spiro atoms. The first-order chi connectivity index (χ1) is 8.74. The predicted octanol–water partition coefficient (Wildman–Crippen LogP) is 2.54. The Bertz CT molecular complexity index is 523. The van der Waals surface area contributed by atoms with E-state index < -0.39 is 0 Å². The van der Waals surface area contributed by atoms with Crippen LogP contribution in [0.5, 0.6) is 5.75 Å². The first kappa shape index (κ1) is 12.8. The molecule has 1 aromatic carbocycles. The molecule has 0 N–H and O–H groups in total. The van der Waals surface area contributed by atoms with E-state index in [1.165, 1.54) is 0 Å². The van der Waals surface area contributed by atoms with Crippen LogP contribution >= 0.6 is 0 Å². The fourth-order valence-corrected chi connectivity index (χ4v) is 1.72. The van der Waals surface area contributed by atoms with Crippen LogP contribution in [-0.4, -0.2) is 32.1 Å². The lowest BCUT2D eigenvalue weighted by Gasteiger charge is -2.15. The largest absolute Gasteiger partial charge is 0.486 e. The van der Waals surface area contributed by atoms with Gasteiger partial charge in [-0.1, -0.05) is 18.2 Å². The number of hydrogen-bond donors (Lipinski definition) is 0. The lowest BCUT2D eigenvalue weighted by Crippen LogP contribution is -2.22. The van der Waals surface area contributed by atoms with Crippen molar-refractivity contribution in [3.63, 3.8) is 0 Å². The van der Waals surface area contributed by atoms with Gasteiger partial charge < -0.3 is 14.2 Å². The second kappa shape index (κ2) is 5.80. The molecule has 0 saturated carbocycles. The van der Waals surface area contributed by atoms with Crippen molar-refractivity contribution in [1.82, 2.24) is 4.98 Å². The van der Waals surface area contributed by atoms with Gasteiger partial charge in [-0.05, 0) is 19.1 Å². The molecule has 0 unspecified atom stereocenters. The van der Waals surface area contributed by atoms with E-state index in [1.807, 2.05) is 37.3 Å². The molecule has 4 heteroatoms. The summed E-state index contributed by atoms with van der Waals surface area (Å²) >= 11 is 0. The number of ether oxygens (including phenoxy) is 3. The Morgan fingerprint density at radius 2 is 1.89 bits per heavy atom. The first-order valence-electron chi connectivity index (χ1n) is 5.79. The van der Waals surface area contributed by atoms with Gasteiger partial charge in [-0.25, -0.2) is 4.98 Å². The molecule has 0 bridgehead atoms. The van der Waals surface area contributed by atoms with E-state index in [9.17, 15) is 0 Å². The SMILES string of the molecule is COC(COc1cccc2ccc(C)nc12)OC. The summed E-state index contributed by atoms with van der Waals surface area (Å²) in [5.74, 6) is 0.746. The lowest BCUT2D eigenvalue weighted by molar-refractivity contribution is -0.121. The topological polar surface area (TPSA) is 40.6 Å². The monoisotopic (exact) mass is 247 g/mol. The summed E-state index contributed by atoms with van der Waals surface area (Å²) in [5.41, 5.74) is 1.83. The van der Waals surface area contributed by atoms with Crippen molar-refractivity contribution in [2.75, 3.05) is 20.8 Å². The van der Waals surface area contributed by atoms with Gasteiger partial charge in [0.25, 0.3) is 0 Å². The minimum absolute atomic E-state index is 0.335. The van der Waals surface area contributed by atoms with E-state index in [0.717, 1.165) is 22.3 Å². The zero-order valence-corrected chi connectivity index (χ0v) is 10.8. The van der Waals surface area contributed by atoms with Gasteiger partial charge in [0.1, 0.15) is 17.9 Å². The molecule has 18 heavy (non-hydrogen) atoms. The summed E-state index contributed by atoms with van der Waals surface area (Å²) in [6, 6.07) is 9.88. The Morgan fingerprint density at radius 3 is 2.61 bits per heavy atom. The summed E-state index contributed by atoms with van der Waals surface area (Å²) in [6.07, 6.45) is -0.370. The number of hydrogen-bond acceptors (Lipinski definition) is 4. The van der Waals surface area contributed by atoms with E-state index in [4.69, 9.17) is 14.2 Å². The highest BCUT2D eigenvalue weighted by molar-refractivity contribution is 5.84. The van der Waals surface area contributed by atoms with Gasteiger partial charge in [-0.15, -0.1) is 0 Å². The normalized spacial score (nSPS) is 11.1. The number of aromatic nitrogens is 1. The molecule has 0 atom stereocenters. The van der Waals surface area contributed by atoms with Gasteiger partial charge in [0.15, 0.2) is 6.29 Å². The van der Waals surface area contributed by atoms with Crippen molar-refractivity contribution in [2.24, 2.45) is 0 Å². The van der Waals surface area contributed by atoms with Crippen LogP contribution < -0.4 is 4.74 Å². The maximum absolute atomic E-state index is 5.71. The van der Waals surface area contributed by atoms with Crippen LogP contribution in [0, 0.1) is 6.92 Å². The minimum atomic E-state index is -0.370. The zero-order valence-electron chi connectivity index (χ0n) is 10.8. The van der Waals surface area contributed by atoms with Gasteiger partial charge in [-0.3, -0.25) is 0 Å². The average Bonchev–Trinajstić information content (AvgIpc) is 2.40. The number of aryl methyl sites for hydroxylation is 1. The predicted molar refractivity (Wildman–Crippen MR) is 69.8 cm³/mol. The van der Waals surface area contributed by atoms with Crippen LogP contribution in [0.15, 0.2) is 30.3 Å². The number of rotatable bonds is 5. The van der Waals surface area contributed by atoms with Crippen LogP contribution in [0.3, 0.4) is 0 Å². The molecule has 0 aliphatic rings. The molecule has 96 valence electrons. The molecule has 0 radical (unpaired) electrons. The van der Waals surface area contributed by atoms with E-state index >= 15 is 0 Å². The molecule has 2 rings (SSSR count). The molecular weight excluding hydrogens is 230 g/mol. The van der Waals surface area contributed by atoms with Crippen molar-refractivity contribution in [2.45, 2.75) is 13.2 Å². The van der Waals surface area contributed by atoms with Gasteiger partial charge in [-0.2, -0.15) is 0 Å². The quantitative estimate of drug-likeness (QED) is 0.761. The lowest BCUT2D eigenvalue weighted by atomic mass is 10.2. The average molecular weight is 247 g/mol. The Kier molecular flexibility index (Phi) is 4.12. The molecule has 4 nitrogen and oxygen atoms in total. The molecule has 1 aromatic heterocycles. The van der Waals surface area contributed by atoms with Crippen molar-refractivity contribution in [3.05, 3.63) is 36.0 Å². The molecule has 0 fully saturated rings. The maximum atomic E-state index is 5.71. The number of para-hydroxylation sites is 1. The Balaban J connectivity index is 2.24. The fraction of sp³-hybridized carbons (Fsp3) is 0.357. The first-order valence-corrected chi connectivity index (χ1v) is 5.79. The minimum Gasteiger partial charge on any atom is -0.486 e.